The molecular formula is C14H18O3. The normalized spacial score (nSPS) is 16.6. The summed E-state index contributed by atoms with van der Waals surface area (Å²) in [5, 5.41) is 9.98. The number of benzene rings is 1. The standard InChI is InChI=1S/C14H18O3/c1-17-14(16)8-7-13(15)12-4-2-3-11(9-12)10-5-6-10/h2-4,9-10,13,15H,5-8H2,1H3. The van der Waals surface area contributed by atoms with Gasteiger partial charge in [0.25, 0.3) is 0 Å². The van der Waals surface area contributed by atoms with Gasteiger partial charge in [0.05, 0.1) is 13.2 Å². The van der Waals surface area contributed by atoms with Crippen molar-refractivity contribution in [2.45, 2.75) is 37.7 Å². The third-order valence-corrected chi connectivity index (χ3v) is 3.19. The predicted molar refractivity (Wildman–Crippen MR) is 64.6 cm³/mol. The minimum Gasteiger partial charge on any atom is -0.469 e. The van der Waals surface area contributed by atoms with Crippen LogP contribution in [0.4, 0.5) is 0 Å². The van der Waals surface area contributed by atoms with E-state index in [1.807, 2.05) is 12.1 Å². The van der Waals surface area contributed by atoms with Crippen LogP contribution in [-0.4, -0.2) is 18.2 Å². The number of aliphatic hydroxyl groups excluding tert-OH is 1. The quantitative estimate of drug-likeness (QED) is 0.796. The molecule has 0 radical (unpaired) electrons. The Kier molecular flexibility index (Phi) is 3.79. The summed E-state index contributed by atoms with van der Waals surface area (Å²) in [5.74, 6) is 0.408. The summed E-state index contributed by atoms with van der Waals surface area (Å²) in [6, 6.07) is 8.05. The van der Waals surface area contributed by atoms with E-state index in [1.165, 1.54) is 25.5 Å². The van der Waals surface area contributed by atoms with Crippen molar-refractivity contribution in [2.75, 3.05) is 7.11 Å². The van der Waals surface area contributed by atoms with Crippen LogP contribution >= 0.6 is 0 Å². The van der Waals surface area contributed by atoms with Crippen LogP contribution in [0.3, 0.4) is 0 Å². The molecule has 1 atom stereocenters. The van der Waals surface area contributed by atoms with Crippen LogP contribution in [0.25, 0.3) is 0 Å². The van der Waals surface area contributed by atoms with Gasteiger partial charge in [-0.25, -0.2) is 0 Å². The Morgan fingerprint density at radius 1 is 1.53 bits per heavy atom. The van der Waals surface area contributed by atoms with E-state index in [1.54, 1.807) is 0 Å². The third kappa shape index (κ3) is 3.30. The van der Waals surface area contributed by atoms with E-state index in [4.69, 9.17) is 0 Å². The van der Waals surface area contributed by atoms with E-state index < -0.39 is 6.10 Å². The molecule has 2 rings (SSSR count). The molecular weight excluding hydrogens is 216 g/mol. The molecule has 3 heteroatoms. The number of hydrogen-bond donors (Lipinski definition) is 1. The number of ether oxygens (including phenoxy) is 1. The van der Waals surface area contributed by atoms with Crippen molar-refractivity contribution in [2.24, 2.45) is 0 Å². The fraction of sp³-hybridized carbons (Fsp3) is 0.500. The average Bonchev–Trinajstić information content (AvgIpc) is 3.20. The monoisotopic (exact) mass is 234 g/mol. The minimum absolute atomic E-state index is 0.255. The molecule has 0 spiro atoms. The Hall–Kier alpha value is -1.35. The number of methoxy groups -OCH3 is 1. The fourth-order valence-corrected chi connectivity index (χ4v) is 1.96. The van der Waals surface area contributed by atoms with Crippen molar-refractivity contribution in [3.05, 3.63) is 35.4 Å². The molecule has 1 unspecified atom stereocenters. The Morgan fingerprint density at radius 3 is 2.94 bits per heavy atom. The van der Waals surface area contributed by atoms with Gasteiger partial charge < -0.3 is 9.84 Å². The zero-order valence-corrected chi connectivity index (χ0v) is 10.1. The maximum absolute atomic E-state index is 11.0. The van der Waals surface area contributed by atoms with Crippen LogP contribution in [0.1, 0.15) is 48.8 Å². The zero-order chi connectivity index (χ0) is 12.3. The molecule has 1 saturated carbocycles. The molecule has 0 bridgehead atoms. The first kappa shape index (κ1) is 12.1. The first-order valence-corrected chi connectivity index (χ1v) is 6.05. The van der Waals surface area contributed by atoms with Crippen LogP contribution in [0.2, 0.25) is 0 Å². The van der Waals surface area contributed by atoms with Gasteiger partial charge >= 0.3 is 5.97 Å². The Bertz CT molecular complexity index is 396. The van der Waals surface area contributed by atoms with E-state index >= 15 is 0 Å². The first-order chi connectivity index (χ1) is 8.20. The lowest BCUT2D eigenvalue weighted by Crippen LogP contribution is -2.05. The summed E-state index contributed by atoms with van der Waals surface area (Å²) in [5.41, 5.74) is 2.21. The molecule has 92 valence electrons. The lowest BCUT2D eigenvalue weighted by atomic mass is 10.0. The number of carbonyl (C=O) groups is 1. The largest absolute Gasteiger partial charge is 0.469 e. The lowest BCUT2D eigenvalue weighted by Gasteiger charge is -2.11. The van der Waals surface area contributed by atoms with Crippen molar-refractivity contribution in [3.63, 3.8) is 0 Å². The molecule has 0 heterocycles. The van der Waals surface area contributed by atoms with Crippen LogP contribution in [0.15, 0.2) is 24.3 Å². The smallest absolute Gasteiger partial charge is 0.305 e. The van der Waals surface area contributed by atoms with Gasteiger partial charge in [-0.2, -0.15) is 0 Å². The summed E-state index contributed by atoms with van der Waals surface area (Å²) < 4.78 is 4.56. The van der Waals surface area contributed by atoms with Crippen LogP contribution in [-0.2, 0) is 9.53 Å². The Morgan fingerprint density at radius 2 is 2.29 bits per heavy atom. The number of esters is 1. The molecule has 0 amide bonds. The Balaban J connectivity index is 1.95. The second kappa shape index (κ2) is 5.32. The molecule has 1 aromatic carbocycles. The summed E-state index contributed by atoms with van der Waals surface area (Å²) >= 11 is 0. The molecule has 1 fully saturated rings. The summed E-state index contributed by atoms with van der Waals surface area (Å²) in [6.45, 7) is 0. The second-order valence-corrected chi connectivity index (χ2v) is 4.58. The van der Waals surface area contributed by atoms with Crippen LogP contribution in [0.5, 0.6) is 0 Å². The third-order valence-electron chi connectivity index (χ3n) is 3.19. The van der Waals surface area contributed by atoms with Crippen molar-refractivity contribution in [1.29, 1.82) is 0 Å². The Labute approximate surface area is 101 Å². The van der Waals surface area contributed by atoms with E-state index in [2.05, 4.69) is 16.9 Å². The van der Waals surface area contributed by atoms with Gasteiger partial charge in [0, 0.05) is 6.42 Å². The molecule has 1 N–H and O–H groups in total. The lowest BCUT2D eigenvalue weighted by molar-refractivity contribution is -0.141. The average molecular weight is 234 g/mol. The van der Waals surface area contributed by atoms with Crippen LogP contribution < -0.4 is 0 Å². The predicted octanol–water partition coefficient (Wildman–Crippen LogP) is 2.55. The SMILES string of the molecule is COC(=O)CCC(O)c1cccc(C2CC2)c1. The topological polar surface area (TPSA) is 46.5 Å². The van der Waals surface area contributed by atoms with Crippen molar-refractivity contribution < 1.29 is 14.6 Å². The zero-order valence-electron chi connectivity index (χ0n) is 10.1. The van der Waals surface area contributed by atoms with Gasteiger partial charge in [-0.3, -0.25) is 4.79 Å². The van der Waals surface area contributed by atoms with E-state index in [9.17, 15) is 9.90 Å². The first-order valence-electron chi connectivity index (χ1n) is 6.05. The van der Waals surface area contributed by atoms with E-state index in [0.29, 0.717) is 12.3 Å². The number of carbonyl (C=O) groups excluding carboxylic acids is 1. The summed E-state index contributed by atoms with van der Waals surface area (Å²) in [4.78, 5) is 11.0. The van der Waals surface area contributed by atoms with E-state index in [0.717, 1.165) is 5.56 Å². The summed E-state index contributed by atoms with van der Waals surface area (Å²) in [6.07, 6.45) is 2.60. The minimum atomic E-state index is -0.576. The molecule has 0 aromatic heterocycles. The number of hydrogen-bond acceptors (Lipinski definition) is 3. The van der Waals surface area contributed by atoms with Gasteiger partial charge in [-0.15, -0.1) is 0 Å². The maximum Gasteiger partial charge on any atom is 0.305 e. The van der Waals surface area contributed by atoms with Gasteiger partial charge in [0.2, 0.25) is 0 Å². The highest BCUT2D eigenvalue weighted by Gasteiger charge is 2.24. The molecule has 1 aliphatic carbocycles. The van der Waals surface area contributed by atoms with Gasteiger partial charge in [-0.1, -0.05) is 24.3 Å². The molecule has 3 nitrogen and oxygen atoms in total. The maximum atomic E-state index is 11.0. The molecule has 1 aromatic rings. The number of aliphatic hydroxyl groups is 1. The molecule has 17 heavy (non-hydrogen) atoms. The second-order valence-electron chi connectivity index (χ2n) is 4.58. The molecule has 0 aliphatic heterocycles. The summed E-state index contributed by atoms with van der Waals surface area (Å²) in [7, 11) is 1.36. The molecule has 0 saturated heterocycles. The highest BCUT2D eigenvalue weighted by atomic mass is 16.5. The highest BCUT2D eigenvalue weighted by molar-refractivity contribution is 5.69. The van der Waals surface area contributed by atoms with Crippen molar-refractivity contribution in [1.82, 2.24) is 0 Å². The van der Waals surface area contributed by atoms with Gasteiger partial charge in [-0.05, 0) is 36.3 Å². The van der Waals surface area contributed by atoms with Crippen molar-refractivity contribution in [3.8, 4) is 0 Å². The van der Waals surface area contributed by atoms with Gasteiger partial charge in [0.15, 0.2) is 0 Å². The molecule has 1 aliphatic rings. The van der Waals surface area contributed by atoms with Gasteiger partial charge in [0.1, 0.15) is 0 Å². The highest BCUT2D eigenvalue weighted by Crippen LogP contribution is 2.40. The van der Waals surface area contributed by atoms with Crippen molar-refractivity contribution >= 4 is 5.97 Å². The van der Waals surface area contributed by atoms with E-state index in [-0.39, 0.29) is 12.4 Å². The van der Waals surface area contributed by atoms with Crippen LogP contribution in [0, 0.1) is 0 Å². The number of rotatable bonds is 5. The fourth-order valence-electron chi connectivity index (χ4n) is 1.96.